The summed E-state index contributed by atoms with van der Waals surface area (Å²) in [4.78, 5) is 0. The van der Waals surface area contributed by atoms with Gasteiger partial charge in [-0.05, 0) is 25.5 Å². The highest BCUT2D eigenvalue weighted by molar-refractivity contribution is 5.27. The molecule has 0 unspecified atom stereocenters. The second-order valence-electron chi connectivity index (χ2n) is 2.94. The van der Waals surface area contributed by atoms with Gasteiger partial charge in [-0.3, -0.25) is 0 Å². The fourth-order valence-electron chi connectivity index (χ4n) is 1.08. The summed E-state index contributed by atoms with van der Waals surface area (Å²) in [7, 11) is 0. The normalized spacial score (nSPS) is 13.1. The van der Waals surface area contributed by atoms with Crippen LogP contribution in [0.25, 0.3) is 0 Å². The van der Waals surface area contributed by atoms with E-state index in [1.54, 1.807) is 19.9 Å². The van der Waals surface area contributed by atoms with Gasteiger partial charge in [-0.1, -0.05) is 6.07 Å². The second-order valence-corrected chi connectivity index (χ2v) is 2.94. The van der Waals surface area contributed by atoms with E-state index in [1.165, 1.54) is 0 Å². The SMILES string of the molecule is Cc1cc(F)c(F)c([C@@H](C)N)c1. The molecule has 0 amide bonds. The van der Waals surface area contributed by atoms with Crippen LogP contribution in [-0.4, -0.2) is 0 Å². The van der Waals surface area contributed by atoms with E-state index in [-0.39, 0.29) is 5.56 Å². The molecule has 12 heavy (non-hydrogen) atoms. The van der Waals surface area contributed by atoms with Gasteiger partial charge in [-0.2, -0.15) is 0 Å². The first-order valence-electron chi connectivity index (χ1n) is 3.73. The topological polar surface area (TPSA) is 26.0 Å². The Morgan fingerprint density at radius 2 is 1.92 bits per heavy atom. The van der Waals surface area contributed by atoms with Crippen molar-refractivity contribution >= 4 is 0 Å². The van der Waals surface area contributed by atoms with Gasteiger partial charge in [0, 0.05) is 11.6 Å². The quantitative estimate of drug-likeness (QED) is 0.689. The summed E-state index contributed by atoms with van der Waals surface area (Å²) < 4.78 is 25.7. The van der Waals surface area contributed by atoms with Gasteiger partial charge in [0.15, 0.2) is 11.6 Å². The van der Waals surface area contributed by atoms with Gasteiger partial charge in [0.05, 0.1) is 0 Å². The fourth-order valence-corrected chi connectivity index (χ4v) is 1.08. The van der Waals surface area contributed by atoms with Crippen LogP contribution >= 0.6 is 0 Å². The minimum Gasteiger partial charge on any atom is -0.324 e. The van der Waals surface area contributed by atoms with Gasteiger partial charge in [-0.25, -0.2) is 8.78 Å². The molecule has 1 aromatic rings. The summed E-state index contributed by atoms with van der Waals surface area (Å²) in [5, 5.41) is 0. The van der Waals surface area contributed by atoms with E-state index in [9.17, 15) is 8.78 Å². The zero-order chi connectivity index (χ0) is 9.30. The van der Waals surface area contributed by atoms with Crippen molar-refractivity contribution in [3.8, 4) is 0 Å². The first kappa shape index (κ1) is 9.13. The van der Waals surface area contributed by atoms with Gasteiger partial charge < -0.3 is 5.73 Å². The Labute approximate surface area is 70.2 Å². The van der Waals surface area contributed by atoms with Gasteiger partial charge in [0.1, 0.15) is 0 Å². The van der Waals surface area contributed by atoms with Crippen molar-refractivity contribution in [3.63, 3.8) is 0 Å². The molecule has 1 atom stereocenters. The predicted octanol–water partition coefficient (Wildman–Crippen LogP) is 2.29. The van der Waals surface area contributed by atoms with E-state index in [0.717, 1.165) is 6.07 Å². The molecule has 0 spiro atoms. The molecule has 3 heteroatoms. The molecule has 1 rings (SSSR count). The summed E-state index contributed by atoms with van der Waals surface area (Å²) in [5.74, 6) is -1.67. The lowest BCUT2D eigenvalue weighted by atomic mass is 10.1. The third kappa shape index (κ3) is 1.61. The maximum atomic E-state index is 13.0. The summed E-state index contributed by atoms with van der Waals surface area (Å²) in [6.07, 6.45) is 0. The molecule has 66 valence electrons. The van der Waals surface area contributed by atoms with E-state index >= 15 is 0 Å². The summed E-state index contributed by atoms with van der Waals surface area (Å²) in [6, 6.07) is 2.24. The van der Waals surface area contributed by atoms with E-state index in [4.69, 9.17) is 5.73 Å². The van der Waals surface area contributed by atoms with Crippen molar-refractivity contribution in [2.24, 2.45) is 5.73 Å². The molecule has 1 nitrogen and oxygen atoms in total. The lowest BCUT2D eigenvalue weighted by Crippen LogP contribution is -2.09. The molecule has 0 aliphatic rings. The molecule has 0 aliphatic heterocycles. The maximum absolute atomic E-state index is 13.0. The third-order valence-electron chi connectivity index (χ3n) is 1.69. The lowest BCUT2D eigenvalue weighted by Gasteiger charge is -2.08. The Hall–Kier alpha value is -0.960. The van der Waals surface area contributed by atoms with Crippen molar-refractivity contribution in [1.29, 1.82) is 0 Å². The zero-order valence-electron chi connectivity index (χ0n) is 7.07. The number of benzene rings is 1. The second kappa shape index (κ2) is 3.19. The molecule has 0 bridgehead atoms. The molecular formula is C9H11F2N. The van der Waals surface area contributed by atoms with Crippen LogP contribution in [0.15, 0.2) is 12.1 Å². The van der Waals surface area contributed by atoms with E-state index in [1.807, 2.05) is 0 Å². The molecule has 0 aliphatic carbocycles. The minimum atomic E-state index is -0.837. The zero-order valence-corrected chi connectivity index (χ0v) is 7.07. The summed E-state index contributed by atoms with van der Waals surface area (Å²) in [6.45, 7) is 3.33. The van der Waals surface area contributed by atoms with E-state index in [2.05, 4.69) is 0 Å². The van der Waals surface area contributed by atoms with Crippen molar-refractivity contribution < 1.29 is 8.78 Å². The summed E-state index contributed by atoms with van der Waals surface area (Å²) in [5.41, 5.74) is 6.36. The first-order valence-corrected chi connectivity index (χ1v) is 3.73. The fraction of sp³-hybridized carbons (Fsp3) is 0.333. The first-order chi connectivity index (χ1) is 5.52. The van der Waals surface area contributed by atoms with Crippen molar-refractivity contribution in [3.05, 3.63) is 34.9 Å². The predicted molar refractivity (Wildman–Crippen MR) is 43.7 cm³/mol. The minimum absolute atomic E-state index is 0.229. The van der Waals surface area contributed by atoms with Crippen LogP contribution in [0.1, 0.15) is 24.1 Å². The molecule has 0 aromatic heterocycles. The van der Waals surface area contributed by atoms with E-state index < -0.39 is 17.7 Å². The summed E-state index contributed by atoms with van der Waals surface area (Å²) >= 11 is 0. The van der Waals surface area contributed by atoms with Crippen LogP contribution in [0.4, 0.5) is 8.78 Å². The average Bonchev–Trinajstić information content (AvgIpc) is 1.96. The Kier molecular flexibility index (Phi) is 2.43. The molecule has 1 aromatic carbocycles. The highest BCUT2D eigenvalue weighted by Gasteiger charge is 2.11. The van der Waals surface area contributed by atoms with Crippen LogP contribution in [0.2, 0.25) is 0 Å². The Balaban J connectivity index is 3.28. The Bertz CT molecular complexity index is 295. The number of rotatable bonds is 1. The number of aryl methyl sites for hydroxylation is 1. The monoisotopic (exact) mass is 171 g/mol. The highest BCUT2D eigenvalue weighted by atomic mass is 19.2. The van der Waals surface area contributed by atoms with Gasteiger partial charge in [-0.15, -0.1) is 0 Å². The molecule has 2 N–H and O–H groups in total. The lowest BCUT2D eigenvalue weighted by molar-refractivity contribution is 0.491. The van der Waals surface area contributed by atoms with Crippen LogP contribution in [0.3, 0.4) is 0 Å². The van der Waals surface area contributed by atoms with Gasteiger partial charge in [0.2, 0.25) is 0 Å². The largest absolute Gasteiger partial charge is 0.324 e. The molecule has 0 saturated carbocycles. The average molecular weight is 171 g/mol. The smallest absolute Gasteiger partial charge is 0.163 e. The van der Waals surface area contributed by atoms with E-state index in [0.29, 0.717) is 5.56 Å². The number of hydrogen-bond donors (Lipinski definition) is 1. The van der Waals surface area contributed by atoms with Crippen LogP contribution in [0.5, 0.6) is 0 Å². The van der Waals surface area contributed by atoms with Crippen molar-refractivity contribution in [1.82, 2.24) is 0 Å². The molecule has 0 saturated heterocycles. The molecule has 0 heterocycles. The van der Waals surface area contributed by atoms with Gasteiger partial charge >= 0.3 is 0 Å². The third-order valence-corrected chi connectivity index (χ3v) is 1.69. The van der Waals surface area contributed by atoms with Crippen molar-refractivity contribution in [2.75, 3.05) is 0 Å². The molecular weight excluding hydrogens is 160 g/mol. The molecule has 0 radical (unpaired) electrons. The Morgan fingerprint density at radius 3 is 2.42 bits per heavy atom. The van der Waals surface area contributed by atoms with Crippen molar-refractivity contribution in [2.45, 2.75) is 19.9 Å². The van der Waals surface area contributed by atoms with Crippen LogP contribution in [0, 0.1) is 18.6 Å². The number of halogens is 2. The van der Waals surface area contributed by atoms with Crippen LogP contribution in [-0.2, 0) is 0 Å². The standard InChI is InChI=1S/C9H11F2N/c1-5-3-7(6(2)12)9(11)8(10)4-5/h3-4,6H,12H2,1-2H3/t6-/m1/s1. The van der Waals surface area contributed by atoms with Crippen LogP contribution < -0.4 is 5.73 Å². The maximum Gasteiger partial charge on any atom is 0.163 e. The highest BCUT2D eigenvalue weighted by Crippen LogP contribution is 2.19. The Morgan fingerprint density at radius 1 is 1.33 bits per heavy atom. The molecule has 0 fully saturated rings. The number of hydrogen-bond acceptors (Lipinski definition) is 1. The van der Waals surface area contributed by atoms with Gasteiger partial charge in [0.25, 0.3) is 0 Å². The number of nitrogens with two attached hydrogens (primary N) is 1.